The molecule has 0 N–H and O–H groups in total. The second-order valence-corrected chi connectivity index (χ2v) is 13.1. The Bertz CT molecular complexity index is 1370. The van der Waals surface area contributed by atoms with Crippen LogP contribution in [0.4, 0.5) is 11.4 Å². The van der Waals surface area contributed by atoms with Gasteiger partial charge in [-0.3, -0.25) is 0 Å². The molecule has 3 heterocycles. The molecule has 3 aliphatic heterocycles. The molecule has 3 nitrogen and oxygen atoms in total. The van der Waals surface area contributed by atoms with Gasteiger partial charge < -0.3 is 9.80 Å². The maximum atomic E-state index is 2.70. The van der Waals surface area contributed by atoms with E-state index >= 15 is 0 Å². The second kappa shape index (κ2) is 10.3. The lowest BCUT2D eigenvalue weighted by Gasteiger charge is -2.25. The number of nitrogens with zero attached hydrogens (tertiary/aromatic N) is 3. The van der Waals surface area contributed by atoms with Crippen molar-refractivity contribution in [2.45, 2.75) is 77.0 Å². The van der Waals surface area contributed by atoms with Crippen molar-refractivity contribution in [2.75, 3.05) is 37.0 Å². The first-order valence-electron chi connectivity index (χ1n) is 15.3. The molecule has 0 radical (unpaired) electrons. The number of rotatable bonds is 2. The van der Waals surface area contributed by atoms with Crippen LogP contribution < -0.4 is 9.80 Å². The van der Waals surface area contributed by atoms with E-state index in [1.54, 1.807) is 0 Å². The summed E-state index contributed by atoms with van der Waals surface area (Å²) in [6.45, 7) is 11.8. The van der Waals surface area contributed by atoms with Crippen LogP contribution in [-0.2, 0) is 10.8 Å². The summed E-state index contributed by atoms with van der Waals surface area (Å²) >= 11 is 0. The van der Waals surface area contributed by atoms with Crippen LogP contribution in [0.2, 0.25) is 0 Å². The summed E-state index contributed by atoms with van der Waals surface area (Å²) in [7, 11) is 4.45. The second-order valence-electron chi connectivity index (χ2n) is 13.1. The van der Waals surface area contributed by atoms with Gasteiger partial charge in [-0.05, 0) is 61.1 Å². The first-order chi connectivity index (χ1) is 19.2. The molecule has 0 aromatic heterocycles. The summed E-state index contributed by atoms with van der Waals surface area (Å²) in [5.41, 5.74) is 12.8. The molecule has 0 spiro atoms. The predicted molar refractivity (Wildman–Crippen MR) is 171 cm³/mol. The van der Waals surface area contributed by atoms with Gasteiger partial charge in [-0.15, -0.1) is 0 Å². The van der Waals surface area contributed by atoms with E-state index in [-0.39, 0.29) is 10.8 Å². The largest absolute Gasteiger partial charge is 0.347 e. The molecule has 0 amide bonds. The van der Waals surface area contributed by atoms with Gasteiger partial charge in [0.2, 0.25) is 5.71 Å². The molecule has 2 aromatic rings. The number of hydrogen-bond acceptors (Lipinski definition) is 2. The van der Waals surface area contributed by atoms with Gasteiger partial charge in [-0.25, -0.2) is 4.58 Å². The molecule has 1 saturated heterocycles. The minimum atomic E-state index is -0.000902. The minimum absolute atomic E-state index is 0.000902. The number of para-hydroxylation sites is 2. The van der Waals surface area contributed by atoms with Crippen molar-refractivity contribution in [1.29, 1.82) is 0 Å². The van der Waals surface area contributed by atoms with E-state index < -0.39 is 0 Å². The Balaban J connectivity index is 1.40. The fraction of sp³-hybridized carbons (Fsp3) is 0.432. The fourth-order valence-corrected chi connectivity index (χ4v) is 7.72. The van der Waals surface area contributed by atoms with Crippen molar-refractivity contribution in [1.82, 2.24) is 0 Å². The van der Waals surface area contributed by atoms with Gasteiger partial charge in [-0.1, -0.05) is 76.2 Å². The summed E-state index contributed by atoms with van der Waals surface area (Å²) in [6, 6.07) is 17.8. The Morgan fingerprint density at radius 2 is 1.05 bits per heavy atom. The molecule has 40 heavy (non-hydrogen) atoms. The smallest absolute Gasteiger partial charge is 0.206 e. The molecule has 4 aliphatic rings. The molecule has 0 atom stereocenters. The van der Waals surface area contributed by atoms with Crippen molar-refractivity contribution in [3.05, 3.63) is 107 Å². The molecule has 3 heteroatoms. The van der Waals surface area contributed by atoms with Gasteiger partial charge in [0.25, 0.3) is 0 Å². The minimum Gasteiger partial charge on any atom is -0.347 e. The Morgan fingerprint density at radius 3 is 1.50 bits per heavy atom. The molecule has 1 aliphatic carbocycles. The summed E-state index contributed by atoms with van der Waals surface area (Å²) < 4.78 is 2.70. The van der Waals surface area contributed by atoms with Crippen molar-refractivity contribution in [3.8, 4) is 0 Å². The highest BCUT2D eigenvalue weighted by molar-refractivity contribution is 6.10. The Kier molecular flexibility index (Phi) is 6.89. The molecule has 208 valence electrons. The summed E-state index contributed by atoms with van der Waals surface area (Å²) in [4.78, 5) is 4.79. The van der Waals surface area contributed by atoms with Crippen LogP contribution in [0, 0.1) is 0 Å². The zero-order valence-electron chi connectivity index (χ0n) is 25.4. The zero-order chi connectivity index (χ0) is 28.1. The number of hydrogen-bond donors (Lipinski definition) is 0. The Morgan fingerprint density at radius 1 is 0.600 bits per heavy atom. The number of allylic oxidation sites excluding steroid dienone is 8. The number of benzene rings is 2. The van der Waals surface area contributed by atoms with Crippen molar-refractivity contribution >= 4 is 17.1 Å². The van der Waals surface area contributed by atoms with Gasteiger partial charge >= 0.3 is 0 Å². The molecule has 2 fully saturated rings. The van der Waals surface area contributed by atoms with E-state index in [1.165, 1.54) is 89.5 Å². The van der Waals surface area contributed by atoms with Crippen LogP contribution in [0.25, 0.3) is 0 Å². The van der Waals surface area contributed by atoms with Crippen LogP contribution in [0.5, 0.6) is 0 Å². The highest BCUT2D eigenvalue weighted by atomic mass is 15.2. The average Bonchev–Trinajstić information content (AvgIpc) is 3.28. The van der Waals surface area contributed by atoms with E-state index in [2.05, 4.69) is 129 Å². The highest BCUT2D eigenvalue weighted by Gasteiger charge is 2.39. The first kappa shape index (κ1) is 26.9. The van der Waals surface area contributed by atoms with Gasteiger partial charge in [0.1, 0.15) is 13.1 Å². The summed E-state index contributed by atoms with van der Waals surface area (Å²) in [6.07, 6.45) is 17.2. The molecule has 2 aromatic carbocycles. The predicted octanol–water partition coefficient (Wildman–Crippen LogP) is 8.28. The third-order valence-corrected chi connectivity index (χ3v) is 9.94. The van der Waals surface area contributed by atoms with Crippen LogP contribution >= 0.6 is 0 Å². The van der Waals surface area contributed by atoms with Gasteiger partial charge in [0, 0.05) is 71.7 Å². The van der Waals surface area contributed by atoms with Gasteiger partial charge in [-0.2, -0.15) is 0 Å². The van der Waals surface area contributed by atoms with E-state index in [4.69, 9.17) is 0 Å². The van der Waals surface area contributed by atoms with Crippen molar-refractivity contribution in [2.24, 2.45) is 0 Å². The van der Waals surface area contributed by atoms with Crippen LogP contribution in [0.15, 0.2) is 95.4 Å². The Hall–Kier alpha value is -3.33. The Labute approximate surface area is 241 Å². The third-order valence-electron chi connectivity index (χ3n) is 9.94. The van der Waals surface area contributed by atoms with Crippen LogP contribution in [0.3, 0.4) is 0 Å². The lowest BCUT2D eigenvalue weighted by Crippen LogP contribution is -2.31. The maximum Gasteiger partial charge on any atom is 0.206 e. The van der Waals surface area contributed by atoms with Crippen molar-refractivity contribution < 1.29 is 4.58 Å². The van der Waals surface area contributed by atoms with Crippen molar-refractivity contribution in [3.63, 3.8) is 0 Å². The SMILES string of the molecule is CN1/C(=C/C=C2\CCC/C(=C\C=C3\N(C)c4ccccc4C3(C)C)C2=[N+]2CCCCC2)C(C)(C)c2ccccc21. The summed E-state index contributed by atoms with van der Waals surface area (Å²) in [5, 5.41) is 0. The number of fused-ring (bicyclic) bond motifs is 2. The molecule has 0 unspecified atom stereocenters. The van der Waals surface area contributed by atoms with Crippen LogP contribution in [0.1, 0.15) is 77.3 Å². The molecular weight excluding hydrogens is 486 g/mol. The zero-order valence-corrected chi connectivity index (χ0v) is 25.4. The normalized spacial score (nSPS) is 25.9. The average molecular weight is 533 g/mol. The monoisotopic (exact) mass is 532 g/mol. The quantitative estimate of drug-likeness (QED) is 0.360. The van der Waals surface area contributed by atoms with E-state index in [0.29, 0.717) is 0 Å². The number of likely N-dealkylation sites (N-methyl/N-ethyl adjacent to an activating group) is 2. The topological polar surface area (TPSA) is 9.49 Å². The van der Waals surface area contributed by atoms with E-state index in [0.717, 1.165) is 12.8 Å². The number of anilines is 2. The van der Waals surface area contributed by atoms with Gasteiger partial charge in [0.15, 0.2) is 0 Å². The number of piperidine rings is 1. The molecule has 6 rings (SSSR count). The highest BCUT2D eigenvalue weighted by Crippen LogP contribution is 2.48. The first-order valence-corrected chi connectivity index (χ1v) is 15.3. The fourth-order valence-electron chi connectivity index (χ4n) is 7.72. The third kappa shape index (κ3) is 4.39. The lowest BCUT2D eigenvalue weighted by molar-refractivity contribution is -0.536. The van der Waals surface area contributed by atoms with Gasteiger partial charge in [0.05, 0.1) is 0 Å². The molecular formula is C37H46N3+. The van der Waals surface area contributed by atoms with E-state index in [9.17, 15) is 0 Å². The molecule has 1 saturated carbocycles. The standard InChI is InChI=1S/C37H46N3/c1-36(2)29-17-8-10-19-31(29)38(5)33(36)23-21-27-15-14-16-28(35(27)40-25-12-7-13-26-40)22-24-34-37(3,4)30-18-9-11-20-32(30)39(34)6/h8-11,17-24H,7,12-16,25-26H2,1-6H3/q+1. The summed E-state index contributed by atoms with van der Waals surface area (Å²) in [5.74, 6) is 0. The molecule has 0 bridgehead atoms. The van der Waals surface area contributed by atoms with Crippen LogP contribution in [-0.4, -0.2) is 37.5 Å². The van der Waals surface area contributed by atoms with E-state index in [1.807, 2.05) is 0 Å². The maximum absolute atomic E-state index is 2.70. The lowest BCUT2D eigenvalue weighted by atomic mass is 9.82.